The van der Waals surface area contributed by atoms with Crippen molar-refractivity contribution < 1.29 is 4.79 Å². The first-order chi connectivity index (χ1) is 8.10. The lowest BCUT2D eigenvalue weighted by Crippen LogP contribution is -2.31. The molecule has 17 heavy (non-hydrogen) atoms. The van der Waals surface area contributed by atoms with E-state index < -0.39 is 0 Å². The molecule has 1 heterocycles. The highest BCUT2D eigenvalue weighted by molar-refractivity contribution is 6.41. The van der Waals surface area contributed by atoms with Crippen molar-refractivity contribution in [2.75, 3.05) is 13.1 Å². The summed E-state index contributed by atoms with van der Waals surface area (Å²) in [5.41, 5.74) is 0.484. The Morgan fingerprint density at radius 2 is 2.12 bits per heavy atom. The van der Waals surface area contributed by atoms with Gasteiger partial charge in [-0.25, -0.2) is 4.98 Å². The van der Waals surface area contributed by atoms with E-state index in [-0.39, 0.29) is 11.1 Å². The minimum Gasteiger partial charge on any atom is -0.339 e. The van der Waals surface area contributed by atoms with Crippen molar-refractivity contribution in [3.8, 4) is 0 Å². The number of hydrogen-bond acceptors (Lipinski definition) is 2. The highest BCUT2D eigenvalue weighted by Gasteiger charge is 2.15. The number of rotatable bonds is 5. The molecule has 1 aromatic heterocycles. The highest BCUT2D eigenvalue weighted by atomic mass is 35.5. The quantitative estimate of drug-likeness (QED) is 0.768. The Bertz CT molecular complexity index is 396. The third-order valence-electron chi connectivity index (χ3n) is 2.49. The molecule has 0 aliphatic carbocycles. The SMILES string of the molecule is CCCCN(CC)C(=O)c1cnc(Cl)c(Cl)c1. The smallest absolute Gasteiger partial charge is 0.255 e. The van der Waals surface area contributed by atoms with Crippen LogP contribution in [0.4, 0.5) is 0 Å². The maximum absolute atomic E-state index is 12.1. The van der Waals surface area contributed by atoms with Gasteiger partial charge in [-0.15, -0.1) is 0 Å². The average Bonchev–Trinajstić information content (AvgIpc) is 2.33. The monoisotopic (exact) mass is 274 g/mol. The number of halogens is 2. The second-order valence-corrected chi connectivity index (χ2v) is 4.50. The van der Waals surface area contributed by atoms with Crippen molar-refractivity contribution in [2.24, 2.45) is 0 Å². The summed E-state index contributed by atoms with van der Waals surface area (Å²) in [6.45, 7) is 5.49. The number of carbonyl (C=O) groups excluding carboxylic acids is 1. The van der Waals surface area contributed by atoms with Crippen LogP contribution >= 0.6 is 23.2 Å². The van der Waals surface area contributed by atoms with Crippen LogP contribution in [0.2, 0.25) is 10.2 Å². The molecule has 0 saturated heterocycles. The Balaban J connectivity index is 2.82. The molecule has 0 unspecified atom stereocenters. The lowest BCUT2D eigenvalue weighted by molar-refractivity contribution is 0.0762. The van der Waals surface area contributed by atoms with Gasteiger partial charge in [0, 0.05) is 19.3 Å². The zero-order valence-corrected chi connectivity index (χ0v) is 11.6. The van der Waals surface area contributed by atoms with Crippen molar-refractivity contribution in [1.29, 1.82) is 0 Å². The van der Waals surface area contributed by atoms with Gasteiger partial charge in [0.05, 0.1) is 10.6 Å². The number of nitrogens with zero attached hydrogens (tertiary/aromatic N) is 2. The fourth-order valence-corrected chi connectivity index (χ4v) is 1.74. The molecule has 0 bridgehead atoms. The molecule has 0 N–H and O–H groups in total. The number of pyridine rings is 1. The standard InChI is InChI=1S/C12H16Cl2N2O/c1-3-5-6-16(4-2)12(17)9-7-10(13)11(14)15-8-9/h7-8H,3-6H2,1-2H3. The molecule has 0 spiro atoms. The number of carbonyl (C=O) groups is 1. The molecule has 0 atom stereocenters. The van der Waals surface area contributed by atoms with Crippen molar-refractivity contribution in [3.63, 3.8) is 0 Å². The molecule has 0 radical (unpaired) electrons. The van der Waals surface area contributed by atoms with Crippen LogP contribution in [0.1, 0.15) is 37.0 Å². The summed E-state index contributed by atoms with van der Waals surface area (Å²) < 4.78 is 0. The summed E-state index contributed by atoms with van der Waals surface area (Å²) in [6.07, 6.45) is 3.52. The number of aromatic nitrogens is 1. The lowest BCUT2D eigenvalue weighted by atomic mass is 10.2. The van der Waals surface area contributed by atoms with E-state index in [4.69, 9.17) is 23.2 Å². The van der Waals surface area contributed by atoms with Crippen molar-refractivity contribution >= 4 is 29.1 Å². The highest BCUT2D eigenvalue weighted by Crippen LogP contribution is 2.20. The molecule has 0 aromatic carbocycles. The maximum Gasteiger partial charge on any atom is 0.255 e. The molecule has 5 heteroatoms. The molecule has 0 aliphatic heterocycles. The number of unbranched alkanes of at least 4 members (excludes halogenated alkanes) is 1. The van der Waals surface area contributed by atoms with Gasteiger partial charge in [-0.05, 0) is 19.4 Å². The van der Waals surface area contributed by atoms with E-state index in [2.05, 4.69) is 11.9 Å². The minimum atomic E-state index is -0.0491. The van der Waals surface area contributed by atoms with Gasteiger partial charge in [0.1, 0.15) is 5.15 Å². The van der Waals surface area contributed by atoms with Gasteiger partial charge in [-0.3, -0.25) is 4.79 Å². The number of hydrogen-bond donors (Lipinski definition) is 0. The fourth-order valence-electron chi connectivity index (χ4n) is 1.47. The van der Waals surface area contributed by atoms with Gasteiger partial charge in [0.15, 0.2) is 0 Å². The van der Waals surface area contributed by atoms with E-state index in [1.54, 1.807) is 11.0 Å². The maximum atomic E-state index is 12.1. The molecular formula is C12H16Cl2N2O. The van der Waals surface area contributed by atoms with Crippen LogP contribution in [0.25, 0.3) is 0 Å². The molecule has 1 rings (SSSR count). The molecule has 1 aromatic rings. The van der Waals surface area contributed by atoms with Crippen LogP contribution in [0.3, 0.4) is 0 Å². The van der Waals surface area contributed by atoms with E-state index >= 15 is 0 Å². The largest absolute Gasteiger partial charge is 0.339 e. The van der Waals surface area contributed by atoms with E-state index in [9.17, 15) is 4.79 Å². The Morgan fingerprint density at radius 3 is 2.65 bits per heavy atom. The molecule has 0 saturated carbocycles. The molecule has 0 fully saturated rings. The molecule has 0 aliphatic rings. The first kappa shape index (κ1) is 14.3. The summed E-state index contributed by atoms with van der Waals surface area (Å²) in [7, 11) is 0. The fraction of sp³-hybridized carbons (Fsp3) is 0.500. The third-order valence-corrected chi connectivity index (χ3v) is 3.18. The lowest BCUT2D eigenvalue weighted by Gasteiger charge is -2.20. The Hall–Kier alpha value is -0.800. The van der Waals surface area contributed by atoms with Gasteiger partial charge in [0.25, 0.3) is 5.91 Å². The second-order valence-electron chi connectivity index (χ2n) is 3.74. The number of amides is 1. The summed E-state index contributed by atoms with van der Waals surface area (Å²) in [4.78, 5) is 17.8. The first-order valence-corrected chi connectivity index (χ1v) is 6.46. The van der Waals surface area contributed by atoms with Gasteiger partial charge < -0.3 is 4.90 Å². The summed E-state index contributed by atoms with van der Waals surface area (Å²) >= 11 is 11.6. The minimum absolute atomic E-state index is 0.0491. The Labute approximate surface area is 112 Å². The van der Waals surface area contributed by atoms with E-state index in [1.165, 1.54) is 6.20 Å². The normalized spacial score (nSPS) is 10.4. The average molecular weight is 275 g/mol. The Morgan fingerprint density at radius 1 is 1.41 bits per heavy atom. The van der Waals surface area contributed by atoms with E-state index in [1.807, 2.05) is 6.92 Å². The molecule has 1 amide bonds. The summed E-state index contributed by atoms with van der Waals surface area (Å²) in [5, 5.41) is 0.531. The van der Waals surface area contributed by atoms with Crippen LogP contribution in [0.5, 0.6) is 0 Å². The van der Waals surface area contributed by atoms with Gasteiger partial charge in [-0.1, -0.05) is 36.5 Å². The zero-order valence-electron chi connectivity index (χ0n) is 10.0. The Kier molecular flexibility index (Phi) is 5.72. The van der Waals surface area contributed by atoms with Crippen molar-refractivity contribution in [3.05, 3.63) is 28.0 Å². The van der Waals surface area contributed by atoms with E-state index in [0.717, 1.165) is 19.4 Å². The van der Waals surface area contributed by atoms with Crippen LogP contribution in [0.15, 0.2) is 12.3 Å². The van der Waals surface area contributed by atoms with Crippen LogP contribution in [-0.4, -0.2) is 28.9 Å². The summed E-state index contributed by atoms with van der Waals surface area (Å²) in [5.74, 6) is -0.0491. The summed E-state index contributed by atoms with van der Waals surface area (Å²) in [6, 6.07) is 1.56. The van der Waals surface area contributed by atoms with E-state index in [0.29, 0.717) is 17.1 Å². The topological polar surface area (TPSA) is 33.2 Å². The predicted octanol–water partition coefficient (Wildman–Crippen LogP) is 3.65. The van der Waals surface area contributed by atoms with Gasteiger partial charge in [-0.2, -0.15) is 0 Å². The predicted molar refractivity (Wildman–Crippen MR) is 70.7 cm³/mol. The van der Waals surface area contributed by atoms with Crippen LogP contribution in [-0.2, 0) is 0 Å². The van der Waals surface area contributed by atoms with Crippen molar-refractivity contribution in [2.45, 2.75) is 26.7 Å². The van der Waals surface area contributed by atoms with Crippen molar-refractivity contribution in [1.82, 2.24) is 9.88 Å². The second kappa shape index (κ2) is 6.82. The van der Waals surface area contributed by atoms with Crippen LogP contribution < -0.4 is 0 Å². The first-order valence-electron chi connectivity index (χ1n) is 5.70. The molecule has 94 valence electrons. The van der Waals surface area contributed by atoms with Crippen LogP contribution in [0, 0.1) is 0 Å². The molecule has 3 nitrogen and oxygen atoms in total. The molecular weight excluding hydrogens is 259 g/mol. The third kappa shape index (κ3) is 3.86. The van der Waals surface area contributed by atoms with Gasteiger partial charge >= 0.3 is 0 Å². The zero-order chi connectivity index (χ0) is 12.8. The van der Waals surface area contributed by atoms with Gasteiger partial charge in [0.2, 0.25) is 0 Å².